The van der Waals surface area contributed by atoms with E-state index in [1.54, 1.807) is 6.08 Å². The second-order valence-corrected chi connectivity index (χ2v) is 6.57. The van der Waals surface area contributed by atoms with Crippen LogP contribution in [0.15, 0.2) is 30.9 Å². The van der Waals surface area contributed by atoms with Gasteiger partial charge in [-0.25, -0.2) is 0 Å². The topological polar surface area (TPSA) is 154 Å². The van der Waals surface area contributed by atoms with Crippen molar-refractivity contribution in [3.8, 4) is 0 Å². The van der Waals surface area contributed by atoms with Crippen LogP contribution in [-0.4, -0.2) is 95.7 Å². The number of non-ortho nitro benzene ring substituents is 1. The number of nitrogens with one attached hydrogen (secondary N) is 1. The van der Waals surface area contributed by atoms with Gasteiger partial charge in [0.1, 0.15) is 5.69 Å². The Morgan fingerprint density at radius 1 is 0.735 bits per heavy atom. The lowest BCUT2D eigenvalue weighted by Crippen LogP contribution is -2.15. The van der Waals surface area contributed by atoms with Crippen molar-refractivity contribution in [1.29, 1.82) is 0 Å². The highest BCUT2D eigenvalue weighted by Crippen LogP contribution is 2.28. The standard InChI is InChI=1S/C21H33N3O10/c1-2-6-29-8-10-31-12-14-33-16-17-34-15-13-32-11-9-30-7-5-22-20-4-3-19(23(25)26)18-21(20)24(27)28/h2-4,18,22H,1,5-17H2. The van der Waals surface area contributed by atoms with Gasteiger partial charge < -0.3 is 33.7 Å². The van der Waals surface area contributed by atoms with E-state index in [0.29, 0.717) is 79.2 Å². The summed E-state index contributed by atoms with van der Waals surface area (Å²) in [5.41, 5.74) is -0.507. The van der Waals surface area contributed by atoms with Gasteiger partial charge in [0.25, 0.3) is 11.4 Å². The third kappa shape index (κ3) is 14.5. The minimum absolute atomic E-state index is 0.193. The molecule has 0 aliphatic heterocycles. The minimum atomic E-state index is -0.680. The van der Waals surface area contributed by atoms with E-state index in [1.165, 1.54) is 12.1 Å². The van der Waals surface area contributed by atoms with Crippen molar-refractivity contribution in [2.45, 2.75) is 0 Å². The number of hydrogen-bond donors (Lipinski definition) is 1. The Morgan fingerprint density at radius 2 is 1.21 bits per heavy atom. The normalized spacial score (nSPS) is 10.8. The average Bonchev–Trinajstić information content (AvgIpc) is 2.82. The Kier molecular flexibility index (Phi) is 17.1. The maximum atomic E-state index is 11.1. The Hall–Kier alpha value is -2.68. The van der Waals surface area contributed by atoms with E-state index in [1.807, 2.05) is 0 Å². The highest BCUT2D eigenvalue weighted by atomic mass is 16.6. The maximum Gasteiger partial charge on any atom is 0.299 e. The van der Waals surface area contributed by atoms with Crippen LogP contribution in [0, 0.1) is 20.2 Å². The molecule has 0 aliphatic rings. The summed E-state index contributed by atoms with van der Waals surface area (Å²) in [6, 6.07) is 3.43. The zero-order chi connectivity index (χ0) is 24.9. The fourth-order valence-corrected chi connectivity index (χ4v) is 2.46. The lowest BCUT2D eigenvalue weighted by Gasteiger charge is -2.09. The fraction of sp³-hybridized carbons (Fsp3) is 0.619. The molecule has 0 unspecified atom stereocenters. The van der Waals surface area contributed by atoms with Gasteiger partial charge >= 0.3 is 0 Å². The van der Waals surface area contributed by atoms with Crippen molar-refractivity contribution in [3.05, 3.63) is 51.1 Å². The molecule has 0 fully saturated rings. The smallest absolute Gasteiger partial charge is 0.299 e. The fourth-order valence-electron chi connectivity index (χ4n) is 2.46. The predicted molar refractivity (Wildman–Crippen MR) is 123 cm³/mol. The number of nitrogens with zero attached hydrogens (tertiary/aromatic N) is 2. The SMILES string of the molecule is C=CCOCCOCCOCCOCCOCCOCCNc1ccc([N+](=O)[O-])cc1[N+](=O)[O-]. The first-order chi connectivity index (χ1) is 16.6. The van der Waals surface area contributed by atoms with Gasteiger partial charge in [0.05, 0.1) is 95.2 Å². The molecule has 0 bridgehead atoms. The number of anilines is 1. The molecule has 1 rings (SSSR count). The molecule has 1 N–H and O–H groups in total. The zero-order valence-electron chi connectivity index (χ0n) is 19.2. The van der Waals surface area contributed by atoms with Gasteiger partial charge in [-0.3, -0.25) is 20.2 Å². The lowest BCUT2D eigenvalue weighted by atomic mass is 10.2. The molecule has 0 saturated heterocycles. The molecule has 0 aliphatic carbocycles. The maximum absolute atomic E-state index is 11.1. The highest BCUT2D eigenvalue weighted by Gasteiger charge is 2.18. The van der Waals surface area contributed by atoms with Crippen LogP contribution in [-0.2, 0) is 28.4 Å². The molecule has 1 aromatic carbocycles. The highest BCUT2D eigenvalue weighted by molar-refractivity contribution is 5.65. The van der Waals surface area contributed by atoms with Crippen molar-refractivity contribution in [1.82, 2.24) is 0 Å². The lowest BCUT2D eigenvalue weighted by molar-refractivity contribution is -0.393. The first-order valence-electron chi connectivity index (χ1n) is 10.8. The summed E-state index contributed by atoms with van der Waals surface area (Å²) in [5.74, 6) is 0. The molecule has 0 aromatic heterocycles. The summed E-state index contributed by atoms with van der Waals surface area (Å²) in [6.45, 7) is 9.23. The summed E-state index contributed by atoms with van der Waals surface area (Å²) in [7, 11) is 0. The van der Waals surface area contributed by atoms with Gasteiger partial charge in [0, 0.05) is 12.6 Å². The quantitative estimate of drug-likeness (QED) is 0.105. The van der Waals surface area contributed by atoms with Gasteiger partial charge in [-0.15, -0.1) is 6.58 Å². The summed E-state index contributed by atoms with van der Waals surface area (Å²) in [4.78, 5) is 20.5. The molecule has 0 radical (unpaired) electrons. The Morgan fingerprint density at radius 3 is 1.65 bits per heavy atom. The van der Waals surface area contributed by atoms with Gasteiger partial charge in [0.2, 0.25) is 0 Å². The minimum Gasteiger partial charge on any atom is -0.377 e. The van der Waals surface area contributed by atoms with Gasteiger partial charge in [-0.2, -0.15) is 0 Å². The molecule has 1 aromatic rings. The molecule has 0 spiro atoms. The Labute approximate surface area is 198 Å². The Balaban J connectivity index is 1.90. The number of benzene rings is 1. The molecular weight excluding hydrogens is 454 g/mol. The number of nitro benzene ring substituents is 2. The van der Waals surface area contributed by atoms with Crippen molar-refractivity contribution in [3.63, 3.8) is 0 Å². The molecule has 192 valence electrons. The van der Waals surface area contributed by atoms with Crippen LogP contribution in [0.2, 0.25) is 0 Å². The van der Waals surface area contributed by atoms with Gasteiger partial charge in [-0.05, 0) is 6.07 Å². The van der Waals surface area contributed by atoms with E-state index in [2.05, 4.69) is 11.9 Å². The van der Waals surface area contributed by atoms with Crippen LogP contribution in [0.25, 0.3) is 0 Å². The van der Waals surface area contributed by atoms with Crippen LogP contribution in [0.4, 0.5) is 17.1 Å². The molecule has 0 atom stereocenters. The number of rotatable bonds is 23. The van der Waals surface area contributed by atoms with E-state index in [0.717, 1.165) is 6.07 Å². The van der Waals surface area contributed by atoms with Crippen LogP contribution in [0.3, 0.4) is 0 Å². The average molecular weight is 488 g/mol. The first-order valence-corrected chi connectivity index (χ1v) is 10.8. The zero-order valence-corrected chi connectivity index (χ0v) is 19.2. The molecule has 0 amide bonds. The van der Waals surface area contributed by atoms with E-state index >= 15 is 0 Å². The summed E-state index contributed by atoms with van der Waals surface area (Å²) in [6.07, 6.45) is 1.69. The van der Waals surface area contributed by atoms with Crippen molar-refractivity contribution in [2.75, 3.05) is 91.1 Å². The Bertz CT molecular complexity index is 720. The van der Waals surface area contributed by atoms with E-state index in [9.17, 15) is 20.2 Å². The third-order valence-corrected chi connectivity index (χ3v) is 4.05. The van der Waals surface area contributed by atoms with Crippen LogP contribution in [0.1, 0.15) is 0 Å². The number of hydrogen-bond acceptors (Lipinski definition) is 11. The summed E-state index contributed by atoms with van der Waals surface area (Å²) >= 11 is 0. The van der Waals surface area contributed by atoms with Crippen LogP contribution >= 0.6 is 0 Å². The molecule has 13 nitrogen and oxygen atoms in total. The second kappa shape index (κ2) is 19.8. The van der Waals surface area contributed by atoms with Crippen molar-refractivity contribution < 1.29 is 38.3 Å². The largest absolute Gasteiger partial charge is 0.377 e. The third-order valence-electron chi connectivity index (χ3n) is 4.05. The molecule has 0 heterocycles. The molecular formula is C21H33N3O10. The van der Waals surface area contributed by atoms with E-state index in [4.69, 9.17) is 28.4 Å². The van der Waals surface area contributed by atoms with Gasteiger partial charge in [-0.1, -0.05) is 6.08 Å². The molecule has 13 heteroatoms. The first kappa shape index (κ1) is 29.4. The summed E-state index contributed by atoms with van der Waals surface area (Å²) < 4.78 is 32.0. The van der Waals surface area contributed by atoms with E-state index < -0.39 is 9.85 Å². The van der Waals surface area contributed by atoms with Crippen molar-refractivity contribution in [2.24, 2.45) is 0 Å². The van der Waals surface area contributed by atoms with Gasteiger partial charge in [0.15, 0.2) is 0 Å². The number of nitro groups is 2. The molecule has 34 heavy (non-hydrogen) atoms. The van der Waals surface area contributed by atoms with E-state index in [-0.39, 0.29) is 23.7 Å². The van der Waals surface area contributed by atoms with Crippen molar-refractivity contribution >= 4 is 17.1 Å². The number of ether oxygens (including phenoxy) is 6. The predicted octanol–water partition coefficient (Wildman–Crippen LogP) is 2.20. The van der Waals surface area contributed by atoms with Crippen LogP contribution in [0.5, 0.6) is 0 Å². The monoisotopic (exact) mass is 487 g/mol. The summed E-state index contributed by atoms with van der Waals surface area (Å²) in [5, 5.41) is 24.7. The van der Waals surface area contributed by atoms with Crippen LogP contribution < -0.4 is 5.32 Å². The molecule has 0 saturated carbocycles. The second-order valence-electron chi connectivity index (χ2n) is 6.57.